The van der Waals surface area contributed by atoms with Crippen LogP contribution in [0.1, 0.15) is 35.7 Å². The van der Waals surface area contributed by atoms with Crippen molar-refractivity contribution in [1.82, 2.24) is 0 Å². The van der Waals surface area contributed by atoms with E-state index in [1.54, 1.807) is 0 Å². The average Bonchev–Trinajstić information content (AvgIpc) is 3.03. The predicted molar refractivity (Wildman–Crippen MR) is 108 cm³/mol. The van der Waals surface area contributed by atoms with Gasteiger partial charge in [0.2, 0.25) is 5.82 Å². The Kier molecular flexibility index (Phi) is 6.57. The third-order valence-corrected chi connectivity index (χ3v) is 6.07. The van der Waals surface area contributed by atoms with E-state index in [2.05, 4.69) is 5.32 Å². The Labute approximate surface area is 190 Å². The van der Waals surface area contributed by atoms with Gasteiger partial charge in [0.05, 0.1) is 12.7 Å². The molecule has 1 aliphatic rings. The molecule has 1 aliphatic heterocycles. The third-order valence-electron chi connectivity index (χ3n) is 6.07. The van der Waals surface area contributed by atoms with E-state index in [4.69, 9.17) is 15.2 Å². The fourth-order valence-corrected chi connectivity index (χ4v) is 4.05. The minimum absolute atomic E-state index is 0.145. The van der Waals surface area contributed by atoms with Crippen molar-refractivity contribution >= 4 is 17.5 Å². The highest BCUT2D eigenvalue weighted by Gasteiger charge is 2.65. The number of carbonyl (C=O) groups excluding carboxylic acids is 2. The predicted octanol–water partition coefficient (Wildman–Crippen LogP) is 4.29. The molecule has 0 unspecified atom stereocenters. The van der Waals surface area contributed by atoms with E-state index in [0.29, 0.717) is 6.07 Å². The number of carbonyl (C=O) groups is 2. The van der Waals surface area contributed by atoms with Gasteiger partial charge in [-0.3, -0.25) is 9.59 Å². The van der Waals surface area contributed by atoms with Crippen LogP contribution in [0.25, 0.3) is 0 Å². The van der Waals surface area contributed by atoms with Crippen LogP contribution in [0.4, 0.5) is 32.0 Å². The normalized spacial score (nSPS) is 24.7. The zero-order chi connectivity index (χ0) is 25.6. The topological polar surface area (TPSA) is 90.7 Å². The van der Waals surface area contributed by atoms with Crippen LogP contribution >= 0.6 is 0 Å². The number of anilines is 1. The Hall–Kier alpha value is -3.28. The van der Waals surface area contributed by atoms with Gasteiger partial charge in [-0.15, -0.1) is 0 Å². The van der Waals surface area contributed by atoms with Gasteiger partial charge >= 0.3 is 6.18 Å². The average molecular weight is 490 g/mol. The highest BCUT2D eigenvalue weighted by atomic mass is 19.4. The Bertz CT molecular complexity index is 1140. The van der Waals surface area contributed by atoms with E-state index < -0.39 is 70.3 Å². The molecule has 0 radical (unpaired) electrons. The summed E-state index contributed by atoms with van der Waals surface area (Å²) in [6.45, 7) is 1.91. The fourth-order valence-electron chi connectivity index (χ4n) is 4.05. The highest BCUT2D eigenvalue weighted by molar-refractivity contribution is 5.98. The molecular weight excluding hydrogens is 470 g/mol. The number of primary amides is 1. The smallest absolute Gasteiger partial charge is 0.417 e. The van der Waals surface area contributed by atoms with Crippen molar-refractivity contribution in [2.45, 2.75) is 37.6 Å². The molecular formula is C22H20F6N2O4. The summed E-state index contributed by atoms with van der Waals surface area (Å²) in [6.07, 6.45) is -6.77. The SMILES string of the molecule is COc1c([C@@H]2[C@@H](C)[C@@](C)(C(F)(F)F)O[C@H]2C(=O)Nc2ccc(F)c(C(N)=O)c2)ccc(F)c1F. The first-order valence-electron chi connectivity index (χ1n) is 9.89. The molecule has 184 valence electrons. The Morgan fingerprint density at radius 2 is 1.74 bits per heavy atom. The van der Waals surface area contributed by atoms with Crippen molar-refractivity contribution in [2.24, 2.45) is 11.7 Å². The summed E-state index contributed by atoms with van der Waals surface area (Å²) in [4.78, 5) is 24.4. The summed E-state index contributed by atoms with van der Waals surface area (Å²) in [5.74, 6) is -9.46. The number of amides is 2. The molecule has 2 aromatic carbocycles. The van der Waals surface area contributed by atoms with Gasteiger partial charge in [-0.1, -0.05) is 13.0 Å². The van der Waals surface area contributed by atoms with Gasteiger partial charge in [-0.25, -0.2) is 8.78 Å². The Morgan fingerprint density at radius 1 is 1.12 bits per heavy atom. The molecule has 0 saturated carbocycles. The first-order valence-corrected chi connectivity index (χ1v) is 9.89. The molecule has 1 heterocycles. The minimum atomic E-state index is -4.93. The summed E-state index contributed by atoms with van der Waals surface area (Å²) in [6, 6.07) is 4.53. The number of hydrogen-bond donors (Lipinski definition) is 2. The molecule has 6 nitrogen and oxygen atoms in total. The summed E-state index contributed by atoms with van der Waals surface area (Å²) >= 11 is 0. The number of benzene rings is 2. The van der Waals surface area contributed by atoms with E-state index in [1.165, 1.54) is 0 Å². The summed E-state index contributed by atoms with van der Waals surface area (Å²) in [5, 5.41) is 2.26. The molecule has 0 aliphatic carbocycles. The quantitative estimate of drug-likeness (QED) is 0.612. The largest absolute Gasteiger partial charge is 0.493 e. The minimum Gasteiger partial charge on any atom is -0.493 e. The molecule has 2 aromatic rings. The van der Waals surface area contributed by atoms with Crippen molar-refractivity contribution in [3.05, 3.63) is 58.9 Å². The van der Waals surface area contributed by atoms with E-state index in [0.717, 1.165) is 45.2 Å². The zero-order valence-electron chi connectivity index (χ0n) is 18.1. The maximum atomic E-state index is 14.4. The number of alkyl halides is 3. The first kappa shape index (κ1) is 25.3. The van der Waals surface area contributed by atoms with Crippen molar-refractivity contribution in [2.75, 3.05) is 12.4 Å². The summed E-state index contributed by atoms with van der Waals surface area (Å²) < 4.78 is 93.8. The van der Waals surface area contributed by atoms with Crippen LogP contribution in [0.5, 0.6) is 5.75 Å². The number of hydrogen-bond acceptors (Lipinski definition) is 4. The lowest BCUT2D eigenvalue weighted by molar-refractivity contribution is -0.272. The van der Waals surface area contributed by atoms with Crippen LogP contribution in [0.3, 0.4) is 0 Å². The first-order chi connectivity index (χ1) is 15.7. The molecule has 2 amide bonds. The van der Waals surface area contributed by atoms with Gasteiger partial charge in [-0.2, -0.15) is 17.6 Å². The lowest BCUT2D eigenvalue weighted by atomic mass is 9.77. The molecule has 0 spiro atoms. The molecule has 1 saturated heterocycles. The molecule has 3 N–H and O–H groups in total. The summed E-state index contributed by atoms with van der Waals surface area (Å²) in [7, 11) is 1.00. The zero-order valence-corrected chi connectivity index (χ0v) is 18.1. The van der Waals surface area contributed by atoms with Crippen molar-refractivity contribution in [3.8, 4) is 5.75 Å². The van der Waals surface area contributed by atoms with Crippen LogP contribution < -0.4 is 15.8 Å². The number of halogens is 6. The number of methoxy groups -OCH3 is 1. The molecule has 4 atom stereocenters. The van der Waals surface area contributed by atoms with Gasteiger partial charge in [-0.05, 0) is 31.2 Å². The number of ether oxygens (including phenoxy) is 2. The van der Waals surface area contributed by atoms with Gasteiger partial charge < -0.3 is 20.5 Å². The van der Waals surface area contributed by atoms with Gasteiger partial charge in [0.1, 0.15) is 11.9 Å². The van der Waals surface area contributed by atoms with E-state index in [9.17, 15) is 35.9 Å². The second kappa shape index (κ2) is 8.82. The van der Waals surface area contributed by atoms with E-state index in [-0.39, 0.29) is 11.3 Å². The van der Waals surface area contributed by atoms with E-state index >= 15 is 0 Å². The lowest BCUT2D eigenvalue weighted by Crippen LogP contribution is -2.47. The maximum absolute atomic E-state index is 14.4. The van der Waals surface area contributed by atoms with Crippen LogP contribution in [-0.4, -0.2) is 36.8 Å². The molecule has 0 bridgehead atoms. The van der Waals surface area contributed by atoms with Gasteiger partial charge in [0.15, 0.2) is 17.2 Å². The van der Waals surface area contributed by atoms with Gasteiger partial charge in [0.25, 0.3) is 11.8 Å². The number of nitrogens with one attached hydrogen (secondary N) is 1. The van der Waals surface area contributed by atoms with Gasteiger partial charge in [0, 0.05) is 23.1 Å². The number of rotatable bonds is 5. The molecule has 12 heteroatoms. The van der Waals surface area contributed by atoms with Crippen LogP contribution in [0.15, 0.2) is 30.3 Å². The standard InChI is InChI=1S/C22H20F6N2O4/c1-9-15(11-5-7-14(24)16(25)17(11)33-3)18(34-21(9,2)22(26,27)28)20(32)30-10-4-6-13(23)12(8-10)19(29)31/h4-9,15,18H,1-3H3,(H2,29,31)(H,30,32)/t9-,15+,18-,21+/m1/s1. The van der Waals surface area contributed by atoms with Crippen LogP contribution in [-0.2, 0) is 9.53 Å². The van der Waals surface area contributed by atoms with Crippen molar-refractivity contribution in [1.29, 1.82) is 0 Å². The molecule has 34 heavy (non-hydrogen) atoms. The van der Waals surface area contributed by atoms with Crippen LogP contribution in [0, 0.1) is 23.4 Å². The van der Waals surface area contributed by atoms with Crippen LogP contribution in [0.2, 0.25) is 0 Å². The number of nitrogens with two attached hydrogens (primary N) is 1. The molecule has 1 fully saturated rings. The maximum Gasteiger partial charge on any atom is 0.417 e. The molecule has 3 rings (SSSR count). The monoisotopic (exact) mass is 490 g/mol. The lowest BCUT2D eigenvalue weighted by Gasteiger charge is -2.32. The highest BCUT2D eigenvalue weighted by Crippen LogP contribution is 2.55. The van der Waals surface area contributed by atoms with E-state index in [1.807, 2.05) is 0 Å². The van der Waals surface area contributed by atoms with Crippen molar-refractivity contribution in [3.63, 3.8) is 0 Å². The Morgan fingerprint density at radius 3 is 2.29 bits per heavy atom. The molecule has 0 aromatic heterocycles. The fraction of sp³-hybridized carbons (Fsp3) is 0.364. The van der Waals surface area contributed by atoms with Crippen molar-refractivity contribution < 1.29 is 45.4 Å². The summed E-state index contributed by atoms with van der Waals surface area (Å²) in [5.41, 5.74) is 1.32. The Balaban J connectivity index is 2.08. The second-order valence-corrected chi connectivity index (χ2v) is 7.99. The third kappa shape index (κ3) is 4.17. The second-order valence-electron chi connectivity index (χ2n) is 7.99.